The van der Waals surface area contributed by atoms with E-state index >= 15 is 0 Å². The molecule has 1 aliphatic heterocycles. The minimum atomic E-state index is -0.196. The number of hydrogen-bond acceptors (Lipinski definition) is 4. The van der Waals surface area contributed by atoms with E-state index in [-0.39, 0.29) is 5.82 Å². The summed E-state index contributed by atoms with van der Waals surface area (Å²) in [6.07, 6.45) is 4.12. The van der Waals surface area contributed by atoms with Gasteiger partial charge in [0.15, 0.2) is 0 Å². The lowest BCUT2D eigenvalue weighted by molar-refractivity contribution is 0.258. The zero-order chi connectivity index (χ0) is 19.8. The van der Waals surface area contributed by atoms with Crippen molar-refractivity contribution < 1.29 is 4.39 Å². The Balaban J connectivity index is 1.90. The monoisotopic (exact) mass is 378 g/mol. The molecule has 146 valence electrons. The third kappa shape index (κ3) is 3.42. The maximum atomic E-state index is 14.7. The fourth-order valence-electron chi connectivity index (χ4n) is 4.25. The van der Waals surface area contributed by atoms with Crippen LogP contribution in [0, 0.1) is 12.7 Å². The van der Waals surface area contributed by atoms with Crippen molar-refractivity contribution in [2.75, 3.05) is 37.8 Å². The van der Waals surface area contributed by atoms with Crippen molar-refractivity contribution in [1.82, 2.24) is 9.88 Å². The lowest BCUT2D eigenvalue weighted by Gasteiger charge is -2.38. The molecule has 0 amide bonds. The summed E-state index contributed by atoms with van der Waals surface area (Å²) in [4.78, 5) is 8.97. The second-order valence-corrected chi connectivity index (χ2v) is 7.96. The number of halogens is 1. The number of fused-ring (bicyclic) bond motifs is 1. The fourth-order valence-corrected chi connectivity index (χ4v) is 4.25. The quantitative estimate of drug-likeness (QED) is 0.731. The number of rotatable bonds is 3. The molecule has 1 fully saturated rings. The van der Waals surface area contributed by atoms with Crippen molar-refractivity contribution >= 4 is 22.3 Å². The molecule has 28 heavy (non-hydrogen) atoms. The first kappa shape index (κ1) is 18.7. The highest BCUT2D eigenvalue weighted by Gasteiger charge is 2.24. The van der Waals surface area contributed by atoms with Gasteiger partial charge >= 0.3 is 0 Å². The van der Waals surface area contributed by atoms with Crippen molar-refractivity contribution in [3.63, 3.8) is 0 Å². The maximum absolute atomic E-state index is 14.7. The molecule has 0 aliphatic carbocycles. The van der Waals surface area contributed by atoms with Gasteiger partial charge in [-0.05, 0) is 69.3 Å². The summed E-state index contributed by atoms with van der Waals surface area (Å²) in [5.41, 5.74) is 9.58. The molecular formula is C23H27FN4. The molecule has 3 aromatic rings. The highest BCUT2D eigenvalue weighted by molar-refractivity contribution is 5.99. The topological polar surface area (TPSA) is 45.4 Å². The van der Waals surface area contributed by atoms with Gasteiger partial charge < -0.3 is 15.5 Å². The highest BCUT2D eigenvalue weighted by Crippen LogP contribution is 2.37. The lowest BCUT2D eigenvalue weighted by atomic mass is 9.95. The molecule has 1 aromatic heterocycles. The van der Waals surface area contributed by atoms with Crippen LogP contribution in [0.4, 0.5) is 15.9 Å². The normalized spacial score (nSPS) is 17.5. The first-order valence-electron chi connectivity index (χ1n) is 9.80. The Morgan fingerprint density at radius 2 is 2.04 bits per heavy atom. The first-order valence-corrected chi connectivity index (χ1v) is 9.80. The minimum absolute atomic E-state index is 0.196. The van der Waals surface area contributed by atoms with Gasteiger partial charge in [-0.3, -0.25) is 0 Å². The zero-order valence-corrected chi connectivity index (χ0v) is 16.7. The van der Waals surface area contributed by atoms with Gasteiger partial charge in [0.25, 0.3) is 0 Å². The van der Waals surface area contributed by atoms with E-state index in [1.807, 2.05) is 25.1 Å². The molecule has 2 N–H and O–H groups in total. The Morgan fingerprint density at radius 3 is 2.79 bits per heavy atom. The molecule has 4 rings (SSSR count). The SMILES string of the molecule is Cc1cccc(F)c1-c1cc(N2CCC[C@@H](N(C)C)C2)c2cc(N)ncc2c1. The summed E-state index contributed by atoms with van der Waals surface area (Å²) >= 11 is 0. The molecule has 0 bridgehead atoms. The Labute approximate surface area is 165 Å². The second kappa shape index (κ2) is 7.40. The number of aromatic nitrogens is 1. The molecule has 2 aromatic carbocycles. The number of anilines is 2. The Hall–Kier alpha value is -2.66. The summed E-state index contributed by atoms with van der Waals surface area (Å²) in [6, 6.07) is 11.8. The van der Waals surface area contributed by atoms with Crippen LogP contribution >= 0.6 is 0 Å². The van der Waals surface area contributed by atoms with E-state index in [4.69, 9.17) is 5.73 Å². The molecule has 1 saturated heterocycles. The fraction of sp³-hybridized carbons (Fsp3) is 0.348. The third-order valence-electron chi connectivity index (χ3n) is 5.81. The Morgan fingerprint density at radius 1 is 1.21 bits per heavy atom. The van der Waals surface area contributed by atoms with Crippen LogP contribution < -0.4 is 10.6 Å². The van der Waals surface area contributed by atoms with Crippen LogP contribution in [0.15, 0.2) is 42.6 Å². The second-order valence-electron chi connectivity index (χ2n) is 7.96. The smallest absolute Gasteiger partial charge is 0.131 e. The predicted molar refractivity (Wildman–Crippen MR) is 115 cm³/mol. The average molecular weight is 378 g/mol. The predicted octanol–water partition coefficient (Wildman–Crippen LogP) is 4.46. The van der Waals surface area contributed by atoms with Crippen LogP contribution in [-0.4, -0.2) is 43.1 Å². The summed E-state index contributed by atoms with van der Waals surface area (Å²) < 4.78 is 14.7. The molecule has 5 heteroatoms. The van der Waals surface area contributed by atoms with E-state index in [9.17, 15) is 4.39 Å². The van der Waals surface area contributed by atoms with Crippen molar-refractivity contribution in [2.24, 2.45) is 0 Å². The molecule has 1 atom stereocenters. The summed E-state index contributed by atoms with van der Waals surface area (Å²) in [7, 11) is 4.26. The van der Waals surface area contributed by atoms with Crippen LogP contribution in [0.1, 0.15) is 18.4 Å². The molecule has 0 unspecified atom stereocenters. The van der Waals surface area contributed by atoms with Gasteiger partial charge in [0.1, 0.15) is 11.6 Å². The van der Waals surface area contributed by atoms with Gasteiger partial charge in [-0.1, -0.05) is 12.1 Å². The van der Waals surface area contributed by atoms with Gasteiger partial charge in [0, 0.05) is 47.4 Å². The van der Waals surface area contributed by atoms with Gasteiger partial charge in [-0.25, -0.2) is 9.37 Å². The number of likely N-dealkylation sites (N-methyl/N-ethyl adjacent to an activating group) is 1. The van der Waals surface area contributed by atoms with E-state index in [1.54, 1.807) is 12.3 Å². The van der Waals surface area contributed by atoms with Gasteiger partial charge in [-0.2, -0.15) is 0 Å². The standard InChI is InChI=1S/C23H27FN4/c1-15-6-4-8-20(24)23(15)16-10-17-13-26-22(25)12-19(17)21(11-16)28-9-5-7-18(14-28)27(2)3/h4,6,8,10-13,18H,5,7,9,14H2,1-3H3,(H2,25,26)/t18-/m1/s1. The van der Waals surface area contributed by atoms with Gasteiger partial charge in [-0.15, -0.1) is 0 Å². The van der Waals surface area contributed by atoms with E-state index in [1.165, 1.54) is 12.5 Å². The van der Waals surface area contributed by atoms with Crippen molar-refractivity contribution in [3.05, 3.63) is 54.0 Å². The molecule has 0 radical (unpaired) electrons. The number of hydrogen-bond donors (Lipinski definition) is 1. The van der Waals surface area contributed by atoms with Crippen LogP contribution in [-0.2, 0) is 0 Å². The van der Waals surface area contributed by atoms with Gasteiger partial charge in [0.05, 0.1) is 0 Å². The summed E-state index contributed by atoms with van der Waals surface area (Å²) in [5.74, 6) is 0.309. The van der Waals surface area contributed by atoms with E-state index in [0.717, 1.165) is 47.1 Å². The number of piperidine rings is 1. The largest absolute Gasteiger partial charge is 0.384 e. The van der Waals surface area contributed by atoms with Crippen LogP contribution in [0.3, 0.4) is 0 Å². The molecule has 2 heterocycles. The molecule has 0 spiro atoms. The molecule has 1 aliphatic rings. The Kier molecular flexibility index (Phi) is 4.94. The minimum Gasteiger partial charge on any atom is -0.384 e. The van der Waals surface area contributed by atoms with Crippen LogP contribution in [0.25, 0.3) is 21.9 Å². The van der Waals surface area contributed by atoms with Crippen molar-refractivity contribution in [3.8, 4) is 11.1 Å². The number of nitrogen functional groups attached to an aromatic ring is 1. The van der Waals surface area contributed by atoms with Crippen molar-refractivity contribution in [2.45, 2.75) is 25.8 Å². The Bertz CT molecular complexity index is 995. The number of benzene rings is 2. The van der Waals surface area contributed by atoms with Gasteiger partial charge in [0.2, 0.25) is 0 Å². The van der Waals surface area contributed by atoms with Crippen LogP contribution in [0.5, 0.6) is 0 Å². The maximum Gasteiger partial charge on any atom is 0.131 e. The lowest BCUT2D eigenvalue weighted by Crippen LogP contribution is -2.45. The van der Waals surface area contributed by atoms with Crippen LogP contribution in [0.2, 0.25) is 0 Å². The highest BCUT2D eigenvalue weighted by atomic mass is 19.1. The summed E-state index contributed by atoms with van der Waals surface area (Å²) in [6.45, 7) is 3.89. The zero-order valence-electron chi connectivity index (χ0n) is 16.7. The molecule has 0 saturated carbocycles. The molecule has 4 nitrogen and oxygen atoms in total. The van der Waals surface area contributed by atoms with E-state index in [2.05, 4.69) is 34.9 Å². The molecular weight excluding hydrogens is 351 g/mol. The number of nitrogens with zero attached hydrogens (tertiary/aromatic N) is 3. The summed E-state index contributed by atoms with van der Waals surface area (Å²) in [5, 5.41) is 2.06. The first-order chi connectivity index (χ1) is 13.4. The van der Waals surface area contributed by atoms with E-state index < -0.39 is 0 Å². The van der Waals surface area contributed by atoms with Crippen molar-refractivity contribution in [1.29, 1.82) is 0 Å². The number of nitrogens with two attached hydrogens (primary N) is 1. The van der Waals surface area contributed by atoms with E-state index in [0.29, 0.717) is 17.4 Å². The average Bonchev–Trinajstić information content (AvgIpc) is 2.67. The number of pyridine rings is 1. The third-order valence-corrected chi connectivity index (χ3v) is 5.81. The number of aryl methyl sites for hydroxylation is 1.